The van der Waals surface area contributed by atoms with Crippen LogP contribution in [-0.2, 0) is 10.0 Å². The molecule has 0 radical (unpaired) electrons. The molecule has 8 heteroatoms. The molecule has 1 heterocycles. The van der Waals surface area contributed by atoms with Gasteiger partial charge in [-0.3, -0.25) is 4.31 Å². The normalized spacial score (nSPS) is 11.0. The standard InChI is InChI=1S/C12H10ClN3O2S2/c13-12-15-9-11(19-12)20(17,18)16(8-4-7-14)10-5-2-1-3-6-10/h1-3,5-6,9H,4,8H2. The van der Waals surface area contributed by atoms with Gasteiger partial charge in [0.25, 0.3) is 10.0 Å². The van der Waals surface area contributed by atoms with E-state index in [0.717, 1.165) is 11.3 Å². The van der Waals surface area contributed by atoms with Crippen molar-refractivity contribution in [1.82, 2.24) is 4.98 Å². The first kappa shape index (κ1) is 14.8. The first-order valence-corrected chi connectivity index (χ1v) is 8.25. The van der Waals surface area contributed by atoms with E-state index in [1.807, 2.05) is 6.07 Å². The zero-order valence-corrected chi connectivity index (χ0v) is 12.6. The van der Waals surface area contributed by atoms with Gasteiger partial charge < -0.3 is 0 Å². The number of nitrogens with zero attached hydrogens (tertiary/aromatic N) is 3. The van der Waals surface area contributed by atoms with Gasteiger partial charge in [-0.25, -0.2) is 13.4 Å². The molecule has 20 heavy (non-hydrogen) atoms. The van der Waals surface area contributed by atoms with Crippen LogP contribution in [0.25, 0.3) is 0 Å². The molecular weight excluding hydrogens is 318 g/mol. The number of para-hydroxylation sites is 1. The summed E-state index contributed by atoms with van der Waals surface area (Å²) in [6, 6.07) is 10.6. The third kappa shape index (κ3) is 3.10. The van der Waals surface area contributed by atoms with Crippen molar-refractivity contribution in [2.24, 2.45) is 0 Å². The molecule has 2 rings (SSSR count). The second kappa shape index (κ2) is 6.22. The Morgan fingerprint density at radius 3 is 2.60 bits per heavy atom. The second-order valence-corrected chi connectivity index (χ2v) is 7.46. The number of benzene rings is 1. The minimum atomic E-state index is -3.75. The zero-order valence-electron chi connectivity index (χ0n) is 10.2. The Labute approximate surface area is 126 Å². The number of anilines is 1. The van der Waals surface area contributed by atoms with E-state index in [9.17, 15) is 8.42 Å². The van der Waals surface area contributed by atoms with Crippen molar-refractivity contribution in [3.8, 4) is 6.07 Å². The quantitative estimate of drug-likeness (QED) is 0.846. The van der Waals surface area contributed by atoms with Crippen LogP contribution in [0.1, 0.15) is 6.42 Å². The summed E-state index contributed by atoms with van der Waals surface area (Å²) in [5.41, 5.74) is 0.507. The summed E-state index contributed by atoms with van der Waals surface area (Å²) in [5, 5.41) is 8.70. The number of rotatable bonds is 5. The van der Waals surface area contributed by atoms with Crippen molar-refractivity contribution < 1.29 is 8.42 Å². The number of halogens is 1. The van der Waals surface area contributed by atoms with Gasteiger partial charge in [-0.1, -0.05) is 41.1 Å². The van der Waals surface area contributed by atoms with Gasteiger partial charge in [0.05, 0.1) is 24.4 Å². The number of nitriles is 1. The summed E-state index contributed by atoms with van der Waals surface area (Å²) < 4.78 is 26.6. The number of hydrogen-bond acceptors (Lipinski definition) is 5. The maximum Gasteiger partial charge on any atom is 0.275 e. The van der Waals surface area contributed by atoms with Crippen molar-refractivity contribution in [2.75, 3.05) is 10.8 Å². The average molecular weight is 328 g/mol. The van der Waals surface area contributed by atoms with Crippen LogP contribution >= 0.6 is 22.9 Å². The van der Waals surface area contributed by atoms with E-state index in [-0.39, 0.29) is 21.6 Å². The molecular formula is C12H10ClN3O2S2. The van der Waals surface area contributed by atoms with Gasteiger partial charge in [-0.05, 0) is 12.1 Å². The van der Waals surface area contributed by atoms with Crippen molar-refractivity contribution in [3.63, 3.8) is 0 Å². The summed E-state index contributed by atoms with van der Waals surface area (Å²) in [6.07, 6.45) is 1.32. The molecule has 0 unspecified atom stereocenters. The van der Waals surface area contributed by atoms with Crippen molar-refractivity contribution in [1.29, 1.82) is 5.26 Å². The maximum atomic E-state index is 12.6. The lowest BCUT2D eigenvalue weighted by Crippen LogP contribution is -2.31. The first-order valence-electron chi connectivity index (χ1n) is 5.62. The molecule has 0 aliphatic heterocycles. The van der Waals surface area contributed by atoms with Crippen LogP contribution in [0.15, 0.2) is 40.7 Å². The maximum absolute atomic E-state index is 12.6. The third-order valence-corrected chi connectivity index (χ3v) is 5.85. The third-order valence-electron chi connectivity index (χ3n) is 2.47. The molecule has 0 spiro atoms. The van der Waals surface area contributed by atoms with Gasteiger partial charge in [0.1, 0.15) is 0 Å². The lowest BCUT2D eigenvalue weighted by molar-refractivity contribution is 0.593. The zero-order chi connectivity index (χ0) is 14.6. The van der Waals surface area contributed by atoms with E-state index >= 15 is 0 Å². The van der Waals surface area contributed by atoms with Crippen molar-refractivity contribution >= 4 is 38.6 Å². The number of aromatic nitrogens is 1. The second-order valence-electron chi connectivity index (χ2n) is 3.75. The molecule has 5 nitrogen and oxygen atoms in total. The van der Waals surface area contributed by atoms with Crippen LogP contribution in [0.2, 0.25) is 4.47 Å². The Morgan fingerprint density at radius 2 is 2.05 bits per heavy atom. The molecule has 0 saturated heterocycles. The molecule has 0 N–H and O–H groups in total. The van der Waals surface area contributed by atoms with Crippen molar-refractivity contribution in [2.45, 2.75) is 10.6 Å². The van der Waals surface area contributed by atoms with Crippen LogP contribution in [0, 0.1) is 11.3 Å². The molecule has 0 fully saturated rings. The lowest BCUT2D eigenvalue weighted by Gasteiger charge is -2.22. The van der Waals surface area contributed by atoms with Gasteiger partial charge in [0.2, 0.25) is 0 Å². The summed E-state index contributed by atoms with van der Waals surface area (Å²) in [4.78, 5) is 3.75. The molecule has 0 aliphatic carbocycles. The molecule has 2 aromatic rings. The summed E-state index contributed by atoms with van der Waals surface area (Å²) >= 11 is 6.59. The molecule has 104 valence electrons. The number of thiazole rings is 1. The predicted molar refractivity (Wildman–Crippen MR) is 78.3 cm³/mol. The monoisotopic (exact) mass is 327 g/mol. The Morgan fingerprint density at radius 1 is 1.35 bits per heavy atom. The highest BCUT2D eigenvalue weighted by molar-refractivity contribution is 7.94. The first-order chi connectivity index (χ1) is 9.55. The van der Waals surface area contributed by atoms with E-state index in [0.29, 0.717) is 5.69 Å². The van der Waals surface area contributed by atoms with Crippen molar-refractivity contribution in [3.05, 3.63) is 41.0 Å². The SMILES string of the molecule is N#CCCN(c1ccccc1)S(=O)(=O)c1cnc(Cl)s1. The minimum Gasteiger partial charge on any atom is -0.265 e. The largest absolute Gasteiger partial charge is 0.275 e. The van der Waals surface area contributed by atoms with Crippen LogP contribution in [0.4, 0.5) is 5.69 Å². The Balaban J connectivity index is 2.44. The lowest BCUT2D eigenvalue weighted by atomic mass is 10.3. The Bertz CT molecular complexity index is 723. The molecule has 0 saturated carbocycles. The molecule has 0 bridgehead atoms. The Kier molecular flexibility index (Phi) is 4.60. The molecule has 0 atom stereocenters. The summed E-state index contributed by atoms with van der Waals surface area (Å²) in [7, 11) is -3.75. The highest BCUT2D eigenvalue weighted by Gasteiger charge is 2.26. The van der Waals surface area contributed by atoms with E-state index in [2.05, 4.69) is 4.98 Å². The topological polar surface area (TPSA) is 74.1 Å². The van der Waals surface area contributed by atoms with Crippen LogP contribution in [0.3, 0.4) is 0 Å². The van der Waals surface area contributed by atoms with Gasteiger partial charge >= 0.3 is 0 Å². The summed E-state index contributed by atoms with van der Waals surface area (Å²) in [5.74, 6) is 0. The van der Waals surface area contributed by atoms with E-state index < -0.39 is 10.0 Å². The smallest absolute Gasteiger partial charge is 0.265 e. The van der Waals surface area contributed by atoms with Crippen LogP contribution < -0.4 is 4.31 Å². The van der Waals surface area contributed by atoms with Gasteiger partial charge in [-0.2, -0.15) is 5.26 Å². The molecule has 1 aromatic heterocycles. The van der Waals surface area contributed by atoms with E-state index in [4.69, 9.17) is 16.9 Å². The van der Waals surface area contributed by atoms with Gasteiger partial charge in [0, 0.05) is 6.54 Å². The minimum absolute atomic E-state index is 0.0595. The van der Waals surface area contributed by atoms with Gasteiger partial charge in [-0.15, -0.1) is 0 Å². The Hall–Kier alpha value is -1.62. The highest BCUT2D eigenvalue weighted by Crippen LogP contribution is 2.29. The fourth-order valence-corrected chi connectivity index (χ4v) is 4.48. The van der Waals surface area contributed by atoms with E-state index in [1.54, 1.807) is 30.3 Å². The summed E-state index contributed by atoms with van der Waals surface area (Å²) in [6.45, 7) is 0.0817. The highest BCUT2D eigenvalue weighted by atomic mass is 35.5. The number of hydrogen-bond donors (Lipinski definition) is 0. The molecule has 0 amide bonds. The predicted octanol–water partition coefficient (Wildman–Crippen LogP) is 2.91. The van der Waals surface area contributed by atoms with E-state index in [1.165, 1.54) is 10.5 Å². The fourth-order valence-electron chi connectivity index (χ4n) is 1.60. The fraction of sp³-hybridized carbons (Fsp3) is 0.167. The van der Waals surface area contributed by atoms with Crippen LogP contribution in [0.5, 0.6) is 0 Å². The van der Waals surface area contributed by atoms with Gasteiger partial charge in [0.15, 0.2) is 8.68 Å². The number of sulfonamides is 1. The average Bonchev–Trinajstić information content (AvgIpc) is 2.88. The molecule has 0 aliphatic rings. The van der Waals surface area contributed by atoms with Crippen LogP contribution in [-0.4, -0.2) is 19.9 Å². The molecule has 1 aromatic carbocycles.